The number of hydrogen-bond acceptors (Lipinski definition) is 6. The van der Waals surface area contributed by atoms with Crippen molar-refractivity contribution in [1.82, 2.24) is 9.96 Å². The lowest BCUT2D eigenvalue weighted by atomic mass is 9.79. The molecule has 0 bridgehead atoms. The Kier molecular flexibility index (Phi) is 3.51. The minimum Gasteiger partial charge on any atom is -0.428 e. The van der Waals surface area contributed by atoms with E-state index in [1.54, 1.807) is 6.07 Å². The number of nitrogens with two attached hydrogens (primary N) is 1. The van der Waals surface area contributed by atoms with Crippen LogP contribution in [0.1, 0.15) is 30.9 Å². The molecule has 4 rings (SSSR count). The second-order valence-corrected chi connectivity index (χ2v) is 7.79. The van der Waals surface area contributed by atoms with Gasteiger partial charge in [-0.25, -0.2) is 9.86 Å². The molecule has 3 aliphatic heterocycles. The van der Waals surface area contributed by atoms with Crippen LogP contribution in [0, 0.1) is 0 Å². The maximum absolute atomic E-state index is 12.6. The highest BCUT2D eigenvalue weighted by Crippen LogP contribution is 2.52. The lowest BCUT2D eigenvalue weighted by Crippen LogP contribution is -2.45. The number of hydroxylamine groups is 2. The molecule has 0 aromatic heterocycles. The predicted octanol–water partition coefficient (Wildman–Crippen LogP) is 0.968. The molecule has 0 aliphatic carbocycles. The summed E-state index contributed by atoms with van der Waals surface area (Å²) < 4.78 is 5.28. The van der Waals surface area contributed by atoms with Crippen LogP contribution >= 0.6 is 0 Å². The van der Waals surface area contributed by atoms with E-state index in [1.165, 1.54) is 0 Å². The van der Waals surface area contributed by atoms with E-state index in [0.29, 0.717) is 10.6 Å². The Morgan fingerprint density at radius 1 is 1.31 bits per heavy atom. The molecule has 8 heteroatoms. The summed E-state index contributed by atoms with van der Waals surface area (Å²) in [6.45, 7) is 3.30. The summed E-state index contributed by atoms with van der Waals surface area (Å²) >= 11 is 0. The molecule has 0 radical (unpaired) electrons. The number of fused-ring (bicyclic) bond motifs is 3. The van der Waals surface area contributed by atoms with Gasteiger partial charge < -0.3 is 15.4 Å². The molecule has 3 heterocycles. The molecular formula is C18H24N4O4. The fraction of sp³-hybridized carbons (Fsp3) is 0.556. The third kappa shape index (κ3) is 2.02. The average Bonchev–Trinajstić information content (AvgIpc) is 3.13. The van der Waals surface area contributed by atoms with Crippen molar-refractivity contribution >= 4 is 17.7 Å². The smallest absolute Gasteiger partial charge is 0.405 e. The summed E-state index contributed by atoms with van der Waals surface area (Å²) in [5.41, 5.74) is 6.39. The Labute approximate surface area is 152 Å². The maximum atomic E-state index is 12.6. The highest BCUT2D eigenvalue weighted by molar-refractivity contribution is 5.90. The molecular weight excluding hydrogens is 336 g/mol. The zero-order chi connectivity index (χ0) is 18.9. The van der Waals surface area contributed by atoms with E-state index in [9.17, 15) is 14.8 Å². The largest absolute Gasteiger partial charge is 0.428 e. The van der Waals surface area contributed by atoms with E-state index < -0.39 is 17.6 Å². The second-order valence-electron chi connectivity index (χ2n) is 7.79. The van der Waals surface area contributed by atoms with Crippen LogP contribution in [0.4, 0.5) is 10.5 Å². The Morgan fingerprint density at radius 3 is 2.65 bits per heavy atom. The zero-order valence-corrected chi connectivity index (χ0v) is 15.2. The number of primary amides is 1. The van der Waals surface area contributed by atoms with Crippen molar-refractivity contribution in [1.29, 1.82) is 0 Å². The number of likely N-dealkylation sites (N-methyl/N-ethyl adjacent to an activating group) is 2. The van der Waals surface area contributed by atoms with Crippen LogP contribution < -0.4 is 10.6 Å². The van der Waals surface area contributed by atoms with Gasteiger partial charge in [-0.2, -0.15) is 0 Å². The standard InChI is InChI=1S/C18H24N4O4/c1-17-6-8-20(2)14(17)21(3)13-5-4-11(10-12(13)17)18(26-16(19)24)7-9-22(25)15(18)23/h4-5,10,14,25H,6-9H2,1-3H3,(H2,19,24)/t14-,17+,18-/m1/s1. The van der Waals surface area contributed by atoms with Gasteiger partial charge >= 0.3 is 6.09 Å². The van der Waals surface area contributed by atoms with Gasteiger partial charge in [0.1, 0.15) is 0 Å². The minimum atomic E-state index is -1.56. The summed E-state index contributed by atoms with van der Waals surface area (Å²) in [5.74, 6) is -0.659. The van der Waals surface area contributed by atoms with Crippen molar-refractivity contribution in [2.75, 3.05) is 32.1 Å². The molecule has 3 atom stereocenters. The first-order valence-electron chi connectivity index (χ1n) is 8.78. The average molecular weight is 360 g/mol. The highest BCUT2D eigenvalue weighted by Gasteiger charge is 2.55. The van der Waals surface area contributed by atoms with Gasteiger partial charge in [0.15, 0.2) is 0 Å². The van der Waals surface area contributed by atoms with Crippen LogP contribution in [0.2, 0.25) is 0 Å². The number of ether oxygens (including phenoxy) is 1. The van der Waals surface area contributed by atoms with Gasteiger partial charge in [0.05, 0.1) is 12.7 Å². The number of benzene rings is 1. The van der Waals surface area contributed by atoms with Crippen molar-refractivity contribution in [3.05, 3.63) is 29.3 Å². The second kappa shape index (κ2) is 5.34. The van der Waals surface area contributed by atoms with E-state index in [-0.39, 0.29) is 24.5 Å². The fourth-order valence-corrected chi connectivity index (χ4v) is 5.10. The lowest BCUT2D eigenvalue weighted by molar-refractivity contribution is -0.170. The quantitative estimate of drug-likeness (QED) is 0.763. The predicted molar refractivity (Wildman–Crippen MR) is 93.7 cm³/mol. The van der Waals surface area contributed by atoms with Gasteiger partial charge in [-0.1, -0.05) is 13.0 Å². The van der Waals surface area contributed by atoms with Gasteiger partial charge in [-0.05, 0) is 31.2 Å². The zero-order valence-electron chi connectivity index (χ0n) is 15.2. The number of carbonyl (C=O) groups is 2. The highest BCUT2D eigenvalue weighted by atomic mass is 16.6. The molecule has 3 N–H and O–H groups in total. The van der Waals surface area contributed by atoms with Crippen LogP contribution in [-0.2, 0) is 20.5 Å². The SMILES string of the molecule is CN1CC[C@@]2(C)c3cc([C@]4(OC(N)=O)CCN(O)C4=O)ccc3N(C)[C@@H]12. The number of nitrogens with zero attached hydrogens (tertiary/aromatic N) is 3. The summed E-state index contributed by atoms with van der Waals surface area (Å²) in [4.78, 5) is 28.7. The Morgan fingerprint density at radius 2 is 2.04 bits per heavy atom. The molecule has 2 fully saturated rings. The van der Waals surface area contributed by atoms with Crippen molar-refractivity contribution < 1.29 is 19.5 Å². The fourth-order valence-electron chi connectivity index (χ4n) is 5.10. The molecule has 1 aromatic rings. The van der Waals surface area contributed by atoms with Crippen LogP contribution in [-0.4, -0.2) is 60.5 Å². The molecule has 8 nitrogen and oxygen atoms in total. The number of rotatable bonds is 2. The van der Waals surface area contributed by atoms with Crippen molar-refractivity contribution in [3.63, 3.8) is 0 Å². The van der Waals surface area contributed by atoms with Crippen LogP contribution in [0.5, 0.6) is 0 Å². The molecule has 140 valence electrons. The summed E-state index contributed by atoms with van der Waals surface area (Å²) in [7, 11) is 4.18. The Bertz CT molecular complexity index is 799. The monoisotopic (exact) mass is 360 g/mol. The molecule has 0 unspecified atom stereocenters. The maximum Gasteiger partial charge on any atom is 0.405 e. The van der Waals surface area contributed by atoms with Crippen molar-refractivity contribution in [2.24, 2.45) is 5.73 Å². The van der Waals surface area contributed by atoms with E-state index >= 15 is 0 Å². The third-order valence-electron chi connectivity index (χ3n) is 6.33. The molecule has 2 amide bonds. The summed E-state index contributed by atoms with van der Waals surface area (Å²) in [6.07, 6.45) is 0.379. The van der Waals surface area contributed by atoms with Crippen molar-refractivity contribution in [3.8, 4) is 0 Å². The first-order chi connectivity index (χ1) is 12.2. The normalized spacial score (nSPS) is 33.5. The van der Waals surface area contributed by atoms with E-state index in [2.05, 4.69) is 30.8 Å². The Balaban J connectivity index is 1.84. The summed E-state index contributed by atoms with van der Waals surface area (Å²) in [6, 6.07) is 5.70. The topological polar surface area (TPSA) is 99.3 Å². The first-order valence-corrected chi connectivity index (χ1v) is 8.78. The third-order valence-corrected chi connectivity index (χ3v) is 6.33. The van der Waals surface area contributed by atoms with Gasteiger partial charge in [0.25, 0.3) is 5.91 Å². The number of likely N-dealkylation sites (tertiary alicyclic amines) is 1. The first kappa shape index (κ1) is 17.1. The van der Waals surface area contributed by atoms with Gasteiger partial charge in [-0.3, -0.25) is 14.9 Å². The number of carbonyl (C=O) groups excluding carboxylic acids is 2. The molecule has 3 aliphatic rings. The van der Waals surface area contributed by atoms with E-state index in [1.807, 2.05) is 12.1 Å². The number of hydrogen-bond donors (Lipinski definition) is 2. The molecule has 1 aromatic carbocycles. The number of amides is 2. The molecule has 0 spiro atoms. The van der Waals surface area contributed by atoms with Crippen LogP contribution in [0.3, 0.4) is 0 Å². The minimum absolute atomic E-state index is 0.0800. The van der Waals surface area contributed by atoms with Gasteiger partial charge in [-0.15, -0.1) is 0 Å². The van der Waals surface area contributed by atoms with Crippen molar-refractivity contribution in [2.45, 2.75) is 36.9 Å². The van der Waals surface area contributed by atoms with Gasteiger partial charge in [0.2, 0.25) is 5.60 Å². The Hall–Kier alpha value is -2.32. The number of anilines is 1. The summed E-state index contributed by atoms with van der Waals surface area (Å²) in [5, 5.41) is 10.4. The molecule has 26 heavy (non-hydrogen) atoms. The lowest BCUT2D eigenvalue weighted by Gasteiger charge is -2.32. The van der Waals surface area contributed by atoms with Crippen LogP contribution in [0.25, 0.3) is 0 Å². The van der Waals surface area contributed by atoms with E-state index in [0.717, 1.165) is 24.2 Å². The van der Waals surface area contributed by atoms with Gasteiger partial charge in [0, 0.05) is 36.7 Å². The molecule has 0 saturated carbocycles. The van der Waals surface area contributed by atoms with Crippen LogP contribution in [0.15, 0.2) is 18.2 Å². The molecule has 2 saturated heterocycles. The van der Waals surface area contributed by atoms with E-state index in [4.69, 9.17) is 10.5 Å².